The first-order valence-electron chi connectivity index (χ1n) is 6.74. The second kappa shape index (κ2) is 6.12. The van der Waals surface area contributed by atoms with Crippen LogP contribution >= 0.6 is 0 Å². The highest BCUT2D eigenvalue weighted by Gasteiger charge is 2.30. The van der Waals surface area contributed by atoms with Gasteiger partial charge in [-0.2, -0.15) is 9.40 Å². The van der Waals surface area contributed by atoms with E-state index >= 15 is 0 Å². The van der Waals surface area contributed by atoms with E-state index in [2.05, 4.69) is 15.1 Å². The van der Waals surface area contributed by atoms with Gasteiger partial charge < -0.3 is 10.0 Å². The Morgan fingerprint density at radius 2 is 2.14 bits per heavy atom. The molecule has 1 fully saturated rings. The number of carboxylic acids is 1. The molecule has 1 aliphatic heterocycles. The van der Waals surface area contributed by atoms with Gasteiger partial charge in [0.05, 0.1) is 6.20 Å². The van der Waals surface area contributed by atoms with Crippen molar-refractivity contribution in [1.29, 1.82) is 0 Å². The van der Waals surface area contributed by atoms with Gasteiger partial charge in [-0.15, -0.1) is 0 Å². The van der Waals surface area contributed by atoms with Crippen LogP contribution in [0.2, 0.25) is 0 Å². The van der Waals surface area contributed by atoms with Crippen molar-refractivity contribution < 1.29 is 18.3 Å². The summed E-state index contributed by atoms with van der Waals surface area (Å²) in [6.07, 6.45) is 2.88. The predicted molar refractivity (Wildman–Crippen MR) is 75.6 cm³/mol. The molecule has 1 aromatic rings. The summed E-state index contributed by atoms with van der Waals surface area (Å²) < 4.78 is 26.1. The van der Waals surface area contributed by atoms with Crippen LogP contribution in [0.15, 0.2) is 11.2 Å². The van der Waals surface area contributed by atoms with Crippen molar-refractivity contribution in [2.24, 2.45) is 5.92 Å². The fourth-order valence-corrected chi connectivity index (χ4v) is 3.79. The van der Waals surface area contributed by atoms with Gasteiger partial charge in [-0.3, -0.25) is 5.10 Å². The molecule has 2 heterocycles. The van der Waals surface area contributed by atoms with E-state index in [1.165, 1.54) is 11.4 Å². The molecule has 0 aromatic carbocycles. The number of nitrogens with zero attached hydrogens (tertiary/aromatic N) is 3. The number of rotatable bonds is 5. The van der Waals surface area contributed by atoms with Crippen LogP contribution in [-0.4, -0.2) is 72.6 Å². The Bertz CT molecular complexity index is 605. The molecule has 0 aliphatic carbocycles. The number of H-pyrrole nitrogens is 1. The second-order valence-corrected chi connectivity index (χ2v) is 7.43. The van der Waals surface area contributed by atoms with Crippen LogP contribution in [0.25, 0.3) is 0 Å². The largest absolute Gasteiger partial charge is 0.478 e. The van der Waals surface area contributed by atoms with Crippen molar-refractivity contribution in [1.82, 2.24) is 19.4 Å². The molecule has 0 radical (unpaired) electrons. The van der Waals surface area contributed by atoms with Crippen molar-refractivity contribution in [2.75, 3.05) is 33.7 Å². The number of aromatic carboxylic acids is 1. The lowest BCUT2D eigenvalue weighted by atomic mass is 9.97. The molecule has 0 bridgehead atoms. The van der Waals surface area contributed by atoms with E-state index in [4.69, 9.17) is 5.11 Å². The number of hydrogen-bond acceptors (Lipinski definition) is 5. The zero-order valence-corrected chi connectivity index (χ0v) is 12.9. The van der Waals surface area contributed by atoms with Crippen LogP contribution < -0.4 is 0 Å². The number of aromatic amines is 1. The minimum Gasteiger partial charge on any atom is -0.478 e. The maximum absolute atomic E-state index is 12.4. The molecule has 2 rings (SSSR count). The molecule has 1 saturated heterocycles. The number of nitrogens with one attached hydrogen (secondary N) is 1. The first-order chi connectivity index (χ1) is 9.82. The Hall–Kier alpha value is -1.45. The molecule has 9 heteroatoms. The van der Waals surface area contributed by atoms with Crippen LogP contribution in [0.1, 0.15) is 23.2 Å². The third-order valence-electron chi connectivity index (χ3n) is 3.86. The first-order valence-corrected chi connectivity index (χ1v) is 8.18. The number of hydrogen-bond donors (Lipinski definition) is 2. The minimum absolute atomic E-state index is 0.289. The average molecular weight is 316 g/mol. The summed E-state index contributed by atoms with van der Waals surface area (Å²) >= 11 is 0. The van der Waals surface area contributed by atoms with Gasteiger partial charge in [0.25, 0.3) is 10.0 Å². The lowest BCUT2D eigenvalue weighted by Gasteiger charge is -2.31. The number of sulfonamides is 1. The van der Waals surface area contributed by atoms with E-state index in [9.17, 15) is 13.2 Å². The smallest absolute Gasteiger partial charge is 0.340 e. The summed E-state index contributed by atoms with van der Waals surface area (Å²) in [6.45, 7) is 2.28. The lowest BCUT2D eigenvalue weighted by Crippen LogP contribution is -2.38. The monoisotopic (exact) mass is 316 g/mol. The van der Waals surface area contributed by atoms with Crippen LogP contribution in [0.3, 0.4) is 0 Å². The molecular formula is C12H20N4O4S. The first kappa shape index (κ1) is 15.9. The fourth-order valence-electron chi connectivity index (χ4n) is 2.49. The van der Waals surface area contributed by atoms with Crippen molar-refractivity contribution in [3.8, 4) is 0 Å². The standard InChI is InChI=1S/C12H20N4O4S/c1-15-5-3-9(4-6-15)8-16(2)21(19,20)11-10(12(17)18)7-13-14-11/h7,9H,3-6,8H2,1-2H3,(H,13,14)(H,17,18). The lowest BCUT2D eigenvalue weighted by molar-refractivity contribution is 0.0692. The van der Waals surface area contributed by atoms with Gasteiger partial charge in [-0.1, -0.05) is 0 Å². The van der Waals surface area contributed by atoms with Gasteiger partial charge >= 0.3 is 5.97 Å². The normalized spacial score (nSPS) is 18.2. The van der Waals surface area contributed by atoms with E-state index < -0.39 is 16.0 Å². The van der Waals surface area contributed by atoms with Crippen molar-refractivity contribution >= 4 is 16.0 Å². The van der Waals surface area contributed by atoms with Crippen LogP contribution in [0.4, 0.5) is 0 Å². The van der Waals surface area contributed by atoms with Crippen LogP contribution in [0, 0.1) is 5.92 Å². The van der Waals surface area contributed by atoms with Crippen LogP contribution in [-0.2, 0) is 10.0 Å². The maximum atomic E-state index is 12.4. The van der Waals surface area contributed by atoms with Gasteiger partial charge in [0.2, 0.25) is 0 Å². The Morgan fingerprint density at radius 3 is 2.71 bits per heavy atom. The Morgan fingerprint density at radius 1 is 1.52 bits per heavy atom. The molecule has 21 heavy (non-hydrogen) atoms. The summed E-state index contributed by atoms with van der Waals surface area (Å²) in [7, 11) is -0.349. The Kier molecular flexibility index (Phi) is 4.64. The summed E-state index contributed by atoms with van der Waals surface area (Å²) in [5, 5.41) is 14.5. The van der Waals surface area contributed by atoms with Crippen molar-refractivity contribution in [3.63, 3.8) is 0 Å². The Labute approximate surface area is 123 Å². The molecule has 0 atom stereocenters. The topological polar surface area (TPSA) is 107 Å². The summed E-state index contributed by atoms with van der Waals surface area (Å²) in [5.74, 6) is -1.02. The molecule has 2 N–H and O–H groups in total. The number of aromatic nitrogens is 2. The molecule has 0 spiro atoms. The highest BCUT2D eigenvalue weighted by Crippen LogP contribution is 2.21. The van der Waals surface area contributed by atoms with E-state index in [1.54, 1.807) is 0 Å². The van der Waals surface area contributed by atoms with E-state index in [-0.39, 0.29) is 16.5 Å². The van der Waals surface area contributed by atoms with Gasteiger partial charge in [0.15, 0.2) is 5.03 Å². The quantitative estimate of drug-likeness (QED) is 0.796. The number of piperidine rings is 1. The zero-order valence-electron chi connectivity index (χ0n) is 12.1. The molecule has 1 aromatic heterocycles. The molecule has 1 aliphatic rings. The highest BCUT2D eigenvalue weighted by molar-refractivity contribution is 7.89. The minimum atomic E-state index is -3.86. The molecule has 0 unspecified atom stereocenters. The molecule has 118 valence electrons. The zero-order chi connectivity index (χ0) is 15.6. The summed E-state index contributed by atoms with van der Waals surface area (Å²) in [6, 6.07) is 0. The third-order valence-corrected chi connectivity index (χ3v) is 5.65. The molecular weight excluding hydrogens is 296 g/mol. The van der Waals surface area contributed by atoms with Gasteiger partial charge in [0.1, 0.15) is 5.56 Å². The second-order valence-electron chi connectivity index (χ2n) is 5.45. The van der Waals surface area contributed by atoms with E-state index in [0.717, 1.165) is 32.1 Å². The SMILES string of the molecule is CN1CCC(CN(C)S(=O)(=O)c2[nH]ncc2C(=O)O)CC1. The molecule has 0 amide bonds. The van der Waals surface area contributed by atoms with Gasteiger partial charge in [-0.05, 0) is 38.9 Å². The van der Waals surface area contributed by atoms with Crippen molar-refractivity contribution in [3.05, 3.63) is 11.8 Å². The predicted octanol–water partition coefficient (Wildman–Crippen LogP) is 0.0702. The fraction of sp³-hybridized carbons (Fsp3) is 0.667. The highest BCUT2D eigenvalue weighted by atomic mass is 32.2. The average Bonchev–Trinajstić information content (AvgIpc) is 2.91. The number of likely N-dealkylation sites (tertiary alicyclic amines) is 1. The maximum Gasteiger partial charge on any atom is 0.340 e. The van der Waals surface area contributed by atoms with Gasteiger partial charge in [-0.25, -0.2) is 13.2 Å². The number of carboxylic acid groups (broad SMARTS) is 1. The summed E-state index contributed by atoms with van der Waals surface area (Å²) in [5.41, 5.74) is -0.328. The molecule has 8 nitrogen and oxygen atoms in total. The van der Waals surface area contributed by atoms with Crippen LogP contribution in [0.5, 0.6) is 0 Å². The summed E-state index contributed by atoms with van der Waals surface area (Å²) in [4.78, 5) is 13.2. The van der Waals surface area contributed by atoms with Gasteiger partial charge in [0, 0.05) is 13.6 Å². The van der Waals surface area contributed by atoms with E-state index in [0.29, 0.717) is 6.54 Å². The van der Waals surface area contributed by atoms with Crippen molar-refractivity contribution in [2.45, 2.75) is 17.9 Å². The molecule has 0 saturated carbocycles. The van der Waals surface area contributed by atoms with E-state index in [1.807, 2.05) is 7.05 Å². The number of carbonyl (C=O) groups is 1. The third kappa shape index (κ3) is 3.42. The Balaban J connectivity index is 2.12.